The minimum atomic E-state index is -2.96. The lowest BCUT2D eigenvalue weighted by Crippen LogP contribution is -2.38. The molecule has 0 saturated carbocycles. The molecule has 0 atom stereocenters. The SMILES string of the molecule is CS(=O)(=O)CCNC(CO)CO. The maximum atomic E-state index is 10.6. The highest BCUT2D eigenvalue weighted by atomic mass is 32.2. The fourth-order valence-corrected chi connectivity index (χ4v) is 1.12. The van der Waals surface area contributed by atoms with E-state index in [9.17, 15) is 8.42 Å². The highest BCUT2D eigenvalue weighted by molar-refractivity contribution is 7.90. The molecule has 0 saturated heterocycles. The van der Waals surface area contributed by atoms with Crippen LogP contribution in [0.3, 0.4) is 0 Å². The zero-order valence-electron chi connectivity index (χ0n) is 7.02. The van der Waals surface area contributed by atoms with E-state index in [2.05, 4.69) is 5.32 Å². The van der Waals surface area contributed by atoms with Crippen LogP contribution in [-0.2, 0) is 9.84 Å². The number of hydrogen-bond acceptors (Lipinski definition) is 5. The molecule has 0 amide bonds. The van der Waals surface area contributed by atoms with Gasteiger partial charge in [-0.05, 0) is 0 Å². The molecule has 0 aliphatic rings. The summed E-state index contributed by atoms with van der Waals surface area (Å²) in [7, 11) is -2.96. The Hall–Kier alpha value is -0.170. The van der Waals surface area contributed by atoms with E-state index >= 15 is 0 Å². The van der Waals surface area contributed by atoms with Gasteiger partial charge in [-0.15, -0.1) is 0 Å². The summed E-state index contributed by atoms with van der Waals surface area (Å²) in [5, 5.41) is 19.9. The Morgan fingerprint density at radius 2 is 1.83 bits per heavy atom. The van der Waals surface area contributed by atoms with Crippen LogP contribution in [0.25, 0.3) is 0 Å². The number of nitrogens with one attached hydrogen (secondary N) is 1. The summed E-state index contributed by atoms with van der Waals surface area (Å²) in [5.41, 5.74) is 0. The lowest BCUT2D eigenvalue weighted by atomic mass is 10.3. The smallest absolute Gasteiger partial charge is 0.148 e. The second-order valence-electron chi connectivity index (χ2n) is 2.65. The van der Waals surface area contributed by atoms with Gasteiger partial charge in [-0.25, -0.2) is 8.42 Å². The summed E-state index contributed by atoms with van der Waals surface area (Å²) in [4.78, 5) is 0. The van der Waals surface area contributed by atoms with Gasteiger partial charge in [0.2, 0.25) is 0 Å². The van der Waals surface area contributed by atoms with Gasteiger partial charge in [0, 0.05) is 12.8 Å². The first-order chi connectivity index (χ1) is 5.49. The van der Waals surface area contributed by atoms with Crippen molar-refractivity contribution in [1.29, 1.82) is 0 Å². The van der Waals surface area contributed by atoms with Gasteiger partial charge in [0.1, 0.15) is 9.84 Å². The average Bonchev–Trinajstić information content (AvgIpc) is 1.96. The van der Waals surface area contributed by atoms with E-state index in [0.717, 1.165) is 6.26 Å². The van der Waals surface area contributed by atoms with E-state index < -0.39 is 15.9 Å². The third-order valence-electron chi connectivity index (χ3n) is 1.35. The standard InChI is InChI=1S/C6H15NO4S/c1-12(10,11)3-2-7-6(4-8)5-9/h6-9H,2-5H2,1H3. The molecule has 0 radical (unpaired) electrons. The molecule has 6 heteroatoms. The van der Waals surface area contributed by atoms with Crippen molar-refractivity contribution in [2.45, 2.75) is 6.04 Å². The number of aliphatic hydroxyl groups is 2. The van der Waals surface area contributed by atoms with Gasteiger partial charge in [-0.1, -0.05) is 0 Å². The summed E-state index contributed by atoms with van der Waals surface area (Å²) in [5.74, 6) is 0.0174. The summed E-state index contributed by atoms with van der Waals surface area (Å²) in [6.45, 7) is -0.134. The topological polar surface area (TPSA) is 86.6 Å². The minimum Gasteiger partial charge on any atom is -0.395 e. The Bertz CT molecular complexity index is 198. The van der Waals surface area contributed by atoms with E-state index in [1.54, 1.807) is 0 Å². The molecule has 3 N–H and O–H groups in total. The highest BCUT2D eigenvalue weighted by Gasteiger charge is 2.06. The Morgan fingerprint density at radius 3 is 2.17 bits per heavy atom. The van der Waals surface area contributed by atoms with Crippen molar-refractivity contribution in [3.63, 3.8) is 0 Å². The van der Waals surface area contributed by atoms with Gasteiger partial charge >= 0.3 is 0 Å². The average molecular weight is 197 g/mol. The molecular weight excluding hydrogens is 182 g/mol. The van der Waals surface area contributed by atoms with Crippen LogP contribution < -0.4 is 5.32 Å². The van der Waals surface area contributed by atoms with Crippen molar-refractivity contribution in [2.24, 2.45) is 0 Å². The molecule has 0 aromatic carbocycles. The summed E-state index contributed by atoms with van der Waals surface area (Å²) < 4.78 is 21.2. The maximum absolute atomic E-state index is 10.6. The minimum absolute atomic E-state index is 0.0174. The molecule has 0 fully saturated rings. The Balaban J connectivity index is 3.55. The predicted octanol–water partition coefficient (Wildman–Crippen LogP) is -2.03. The van der Waals surface area contributed by atoms with E-state index in [-0.39, 0.29) is 25.5 Å². The Morgan fingerprint density at radius 1 is 1.33 bits per heavy atom. The second kappa shape index (κ2) is 5.47. The molecule has 0 aromatic rings. The van der Waals surface area contributed by atoms with Crippen LogP contribution >= 0.6 is 0 Å². The van der Waals surface area contributed by atoms with E-state index in [0.29, 0.717) is 0 Å². The first kappa shape index (κ1) is 11.8. The van der Waals surface area contributed by atoms with Gasteiger partial charge in [0.25, 0.3) is 0 Å². The molecule has 12 heavy (non-hydrogen) atoms. The first-order valence-electron chi connectivity index (χ1n) is 3.62. The molecule has 0 rings (SSSR count). The molecule has 0 aliphatic carbocycles. The Kier molecular flexibility index (Phi) is 5.39. The van der Waals surface area contributed by atoms with Crippen LogP contribution in [0.2, 0.25) is 0 Å². The molecule has 0 heterocycles. The monoisotopic (exact) mass is 197 g/mol. The molecule has 0 bridgehead atoms. The van der Waals surface area contributed by atoms with Gasteiger partial charge in [-0.2, -0.15) is 0 Å². The molecule has 0 aromatic heterocycles. The largest absolute Gasteiger partial charge is 0.395 e. The van der Waals surface area contributed by atoms with Crippen molar-refractivity contribution in [2.75, 3.05) is 31.8 Å². The Labute approximate surface area is 72.3 Å². The van der Waals surface area contributed by atoms with E-state index in [1.165, 1.54) is 0 Å². The summed E-state index contributed by atoms with van der Waals surface area (Å²) in [6, 6.07) is -0.424. The first-order valence-corrected chi connectivity index (χ1v) is 5.68. The summed E-state index contributed by atoms with van der Waals surface area (Å²) in [6.07, 6.45) is 1.14. The van der Waals surface area contributed by atoms with Crippen LogP contribution in [0.1, 0.15) is 0 Å². The van der Waals surface area contributed by atoms with Crippen LogP contribution in [0.15, 0.2) is 0 Å². The quantitative estimate of drug-likeness (QED) is 0.457. The highest BCUT2D eigenvalue weighted by Crippen LogP contribution is 1.83. The molecule has 74 valence electrons. The molecule has 0 aliphatic heterocycles. The van der Waals surface area contributed by atoms with Gasteiger partial charge in [-0.3, -0.25) is 0 Å². The number of hydrogen-bond donors (Lipinski definition) is 3. The fraction of sp³-hybridized carbons (Fsp3) is 1.00. The number of sulfone groups is 1. The predicted molar refractivity (Wildman–Crippen MR) is 45.7 cm³/mol. The molecule has 0 unspecified atom stereocenters. The number of rotatable bonds is 6. The van der Waals surface area contributed by atoms with Crippen LogP contribution in [-0.4, -0.2) is 56.4 Å². The van der Waals surface area contributed by atoms with Gasteiger partial charge in [0.15, 0.2) is 0 Å². The second-order valence-corrected chi connectivity index (χ2v) is 4.91. The zero-order valence-corrected chi connectivity index (χ0v) is 7.84. The maximum Gasteiger partial charge on any atom is 0.148 e. The lowest BCUT2D eigenvalue weighted by Gasteiger charge is -2.11. The van der Waals surface area contributed by atoms with Crippen molar-refractivity contribution in [1.82, 2.24) is 5.32 Å². The lowest BCUT2D eigenvalue weighted by molar-refractivity contribution is 0.173. The third kappa shape index (κ3) is 6.53. The van der Waals surface area contributed by atoms with Crippen molar-refractivity contribution in [3.05, 3.63) is 0 Å². The normalized spacial score (nSPS) is 12.3. The van der Waals surface area contributed by atoms with Crippen LogP contribution in [0.5, 0.6) is 0 Å². The summed E-state index contributed by atoms with van der Waals surface area (Å²) >= 11 is 0. The molecular formula is C6H15NO4S. The van der Waals surface area contributed by atoms with Crippen molar-refractivity contribution in [3.8, 4) is 0 Å². The van der Waals surface area contributed by atoms with Gasteiger partial charge in [0.05, 0.1) is 25.0 Å². The van der Waals surface area contributed by atoms with E-state index in [4.69, 9.17) is 10.2 Å². The third-order valence-corrected chi connectivity index (χ3v) is 2.29. The van der Waals surface area contributed by atoms with Crippen molar-refractivity contribution >= 4 is 9.84 Å². The van der Waals surface area contributed by atoms with Gasteiger partial charge < -0.3 is 15.5 Å². The van der Waals surface area contributed by atoms with Crippen molar-refractivity contribution < 1.29 is 18.6 Å². The van der Waals surface area contributed by atoms with E-state index in [1.807, 2.05) is 0 Å². The fourth-order valence-electron chi connectivity index (χ4n) is 0.635. The van der Waals surface area contributed by atoms with Crippen LogP contribution in [0.4, 0.5) is 0 Å². The van der Waals surface area contributed by atoms with Crippen LogP contribution in [0, 0.1) is 0 Å². The number of aliphatic hydroxyl groups excluding tert-OH is 2. The molecule has 0 spiro atoms. The zero-order chi connectivity index (χ0) is 9.61. The molecule has 5 nitrogen and oxygen atoms in total.